The summed E-state index contributed by atoms with van der Waals surface area (Å²) >= 11 is 5.40. The molecule has 0 heterocycles. The summed E-state index contributed by atoms with van der Waals surface area (Å²) in [5.41, 5.74) is 1.89. The van der Waals surface area contributed by atoms with E-state index in [-0.39, 0.29) is 0 Å². The van der Waals surface area contributed by atoms with E-state index in [1.165, 1.54) is 0 Å². The van der Waals surface area contributed by atoms with Gasteiger partial charge in [0.25, 0.3) is 0 Å². The van der Waals surface area contributed by atoms with Crippen LogP contribution in [0, 0.1) is 11.8 Å². The zero-order chi connectivity index (χ0) is 14.4. The molecular weight excluding hydrogens is 268 g/mol. The summed E-state index contributed by atoms with van der Waals surface area (Å²) in [5.74, 6) is 7.22. The molecule has 2 rings (SSSR count). The van der Waals surface area contributed by atoms with Gasteiger partial charge in [-0.05, 0) is 31.2 Å². The zero-order valence-electron chi connectivity index (χ0n) is 11.5. The van der Waals surface area contributed by atoms with E-state index in [1.54, 1.807) is 14.0 Å². The average Bonchev–Trinajstić information content (AvgIpc) is 2.49. The first-order chi connectivity index (χ1) is 9.76. The highest BCUT2D eigenvalue weighted by Gasteiger charge is 2.10. The van der Waals surface area contributed by atoms with Crippen LogP contribution in [0.3, 0.4) is 0 Å². The van der Waals surface area contributed by atoms with Crippen molar-refractivity contribution in [3.63, 3.8) is 0 Å². The molecule has 1 radical (unpaired) electrons. The maximum atomic E-state index is 5.58. The van der Waals surface area contributed by atoms with Gasteiger partial charge in [-0.25, -0.2) is 0 Å². The molecule has 0 atom stereocenters. The Balaban J connectivity index is 2.39. The summed E-state index contributed by atoms with van der Waals surface area (Å²) in [6.07, 6.45) is 0. The highest BCUT2D eigenvalue weighted by atomic mass is 32.1. The molecule has 0 aliphatic carbocycles. The van der Waals surface area contributed by atoms with Gasteiger partial charge in [-0.3, -0.25) is 0 Å². The van der Waals surface area contributed by atoms with Crippen LogP contribution in [0.1, 0.15) is 6.92 Å². The van der Waals surface area contributed by atoms with Crippen molar-refractivity contribution in [1.29, 1.82) is 0 Å². The molecule has 0 amide bonds. The standard InChI is InChI=1S/C17H15O2S/c1-3-4-11-19-13-9-10-17(20)15(12-13)14-7-5-6-8-16(14)18-2/h5-10,12H,11H2,1-2H3. The van der Waals surface area contributed by atoms with Crippen molar-refractivity contribution < 1.29 is 9.47 Å². The van der Waals surface area contributed by atoms with Crippen molar-refractivity contribution in [1.82, 2.24) is 0 Å². The van der Waals surface area contributed by atoms with Gasteiger partial charge in [-0.1, -0.05) is 36.7 Å². The number of ether oxygens (including phenoxy) is 2. The molecule has 2 aromatic carbocycles. The van der Waals surface area contributed by atoms with Crippen molar-refractivity contribution in [3.8, 4) is 34.5 Å². The summed E-state index contributed by atoms with van der Waals surface area (Å²) in [6.45, 7) is 2.16. The van der Waals surface area contributed by atoms with Gasteiger partial charge in [0.15, 0.2) is 0 Å². The lowest BCUT2D eigenvalue weighted by Crippen LogP contribution is -1.95. The molecule has 0 saturated heterocycles. The highest BCUT2D eigenvalue weighted by molar-refractivity contribution is 7.80. The molecular formula is C17H15O2S. The Morgan fingerprint density at radius 1 is 1.10 bits per heavy atom. The van der Waals surface area contributed by atoms with Crippen LogP contribution in [0.2, 0.25) is 0 Å². The second-order valence-corrected chi connectivity index (χ2v) is 4.51. The third kappa shape index (κ3) is 3.23. The van der Waals surface area contributed by atoms with Crippen molar-refractivity contribution in [2.75, 3.05) is 13.7 Å². The molecule has 0 aromatic heterocycles. The summed E-state index contributed by atoms with van der Waals surface area (Å²) in [7, 11) is 1.65. The quantitative estimate of drug-likeness (QED) is 0.778. The third-order valence-corrected chi connectivity index (χ3v) is 3.19. The Labute approximate surface area is 125 Å². The number of para-hydroxylation sites is 1. The fourth-order valence-electron chi connectivity index (χ4n) is 1.87. The Bertz CT molecular complexity index is 654. The minimum Gasteiger partial charge on any atom is -0.496 e. The smallest absolute Gasteiger partial charge is 0.149 e. The molecule has 0 bridgehead atoms. The molecule has 0 aliphatic heterocycles. The number of hydrogen-bond donors (Lipinski definition) is 0. The van der Waals surface area contributed by atoms with Crippen LogP contribution in [0.4, 0.5) is 0 Å². The van der Waals surface area contributed by atoms with Crippen molar-refractivity contribution in [2.45, 2.75) is 11.8 Å². The minimum atomic E-state index is 0.374. The lowest BCUT2D eigenvalue weighted by atomic mass is 10.0. The molecule has 0 fully saturated rings. The number of benzene rings is 2. The molecule has 0 aliphatic rings. The largest absolute Gasteiger partial charge is 0.496 e. The fraction of sp³-hybridized carbons (Fsp3) is 0.176. The monoisotopic (exact) mass is 283 g/mol. The van der Waals surface area contributed by atoms with E-state index in [0.717, 1.165) is 27.5 Å². The van der Waals surface area contributed by atoms with Crippen molar-refractivity contribution in [3.05, 3.63) is 42.5 Å². The first-order valence-corrected chi connectivity index (χ1v) is 6.64. The van der Waals surface area contributed by atoms with Gasteiger partial charge in [-0.2, -0.15) is 0 Å². The van der Waals surface area contributed by atoms with E-state index in [0.29, 0.717) is 6.61 Å². The number of rotatable bonds is 4. The third-order valence-electron chi connectivity index (χ3n) is 2.84. The Morgan fingerprint density at radius 3 is 2.65 bits per heavy atom. The van der Waals surface area contributed by atoms with E-state index >= 15 is 0 Å². The van der Waals surface area contributed by atoms with Gasteiger partial charge in [0, 0.05) is 16.0 Å². The summed E-state index contributed by atoms with van der Waals surface area (Å²) in [6, 6.07) is 13.5. The maximum absolute atomic E-state index is 5.58. The van der Waals surface area contributed by atoms with Crippen LogP contribution in [0.15, 0.2) is 47.4 Å². The first kappa shape index (κ1) is 14.2. The Hall–Kier alpha value is -2.18. The Kier molecular flexibility index (Phi) is 4.86. The molecule has 3 heteroatoms. The zero-order valence-corrected chi connectivity index (χ0v) is 12.3. The molecule has 2 aromatic rings. The summed E-state index contributed by atoms with van der Waals surface area (Å²) in [4.78, 5) is 0.767. The van der Waals surface area contributed by atoms with E-state index < -0.39 is 0 Å². The molecule has 0 unspecified atom stereocenters. The lowest BCUT2D eigenvalue weighted by molar-refractivity contribution is 0.370. The second-order valence-electron chi connectivity index (χ2n) is 4.07. The minimum absolute atomic E-state index is 0.374. The molecule has 20 heavy (non-hydrogen) atoms. The second kappa shape index (κ2) is 6.83. The predicted molar refractivity (Wildman–Crippen MR) is 83.2 cm³/mol. The first-order valence-electron chi connectivity index (χ1n) is 6.23. The summed E-state index contributed by atoms with van der Waals surface area (Å²) in [5, 5.41) is 0. The van der Waals surface area contributed by atoms with E-state index in [2.05, 4.69) is 11.8 Å². The molecule has 0 spiro atoms. The highest BCUT2D eigenvalue weighted by Crippen LogP contribution is 2.35. The van der Waals surface area contributed by atoms with E-state index in [9.17, 15) is 0 Å². The predicted octanol–water partition coefficient (Wildman–Crippen LogP) is 4.32. The molecule has 0 saturated carbocycles. The molecule has 2 nitrogen and oxygen atoms in total. The van der Waals surface area contributed by atoms with Gasteiger partial charge in [0.1, 0.15) is 18.1 Å². The van der Waals surface area contributed by atoms with Crippen molar-refractivity contribution >= 4 is 12.6 Å². The SMILES string of the molecule is CC#CCOc1ccc([S])c(-c2ccccc2OC)c1. The van der Waals surface area contributed by atoms with Crippen LogP contribution in [0.5, 0.6) is 11.5 Å². The number of hydrogen-bond acceptors (Lipinski definition) is 2. The van der Waals surface area contributed by atoms with E-state index in [1.807, 2.05) is 42.5 Å². The average molecular weight is 283 g/mol. The van der Waals surface area contributed by atoms with Crippen LogP contribution in [0.25, 0.3) is 11.1 Å². The maximum Gasteiger partial charge on any atom is 0.149 e. The van der Waals surface area contributed by atoms with Crippen LogP contribution >= 0.6 is 12.6 Å². The van der Waals surface area contributed by atoms with E-state index in [4.69, 9.17) is 22.1 Å². The normalized spacial score (nSPS) is 9.50. The van der Waals surface area contributed by atoms with Gasteiger partial charge < -0.3 is 9.47 Å². The van der Waals surface area contributed by atoms with Gasteiger partial charge in [0.2, 0.25) is 0 Å². The summed E-state index contributed by atoms with van der Waals surface area (Å²) < 4.78 is 11.0. The van der Waals surface area contributed by atoms with Crippen LogP contribution in [-0.2, 0) is 0 Å². The van der Waals surface area contributed by atoms with Crippen molar-refractivity contribution in [2.24, 2.45) is 0 Å². The molecule has 0 N–H and O–H groups in total. The molecule has 101 valence electrons. The van der Waals surface area contributed by atoms with Crippen LogP contribution in [-0.4, -0.2) is 13.7 Å². The Morgan fingerprint density at radius 2 is 1.90 bits per heavy atom. The fourth-order valence-corrected chi connectivity index (χ4v) is 2.11. The van der Waals surface area contributed by atoms with Gasteiger partial charge >= 0.3 is 0 Å². The van der Waals surface area contributed by atoms with Gasteiger partial charge in [-0.15, -0.1) is 5.92 Å². The number of methoxy groups -OCH3 is 1. The van der Waals surface area contributed by atoms with Crippen LogP contribution < -0.4 is 9.47 Å². The topological polar surface area (TPSA) is 18.5 Å². The van der Waals surface area contributed by atoms with Gasteiger partial charge in [0.05, 0.1) is 7.11 Å². The lowest BCUT2D eigenvalue weighted by Gasteiger charge is -2.11.